The molecule has 0 unspecified atom stereocenters. The first-order valence-corrected chi connectivity index (χ1v) is 7.21. The molecule has 20 heavy (non-hydrogen) atoms. The Bertz CT molecular complexity index is 546. The van der Waals surface area contributed by atoms with Crippen LogP contribution in [0.4, 0.5) is 4.39 Å². The molecule has 2 heteroatoms. The highest BCUT2D eigenvalue weighted by Gasteiger charge is 2.03. The minimum Gasteiger partial charge on any atom is -0.457 e. The van der Waals surface area contributed by atoms with Gasteiger partial charge < -0.3 is 4.74 Å². The van der Waals surface area contributed by atoms with E-state index in [1.165, 1.54) is 24.5 Å². The van der Waals surface area contributed by atoms with Crippen LogP contribution in [0.5, 0.6) is 11.5 Å². The zero-order valence-electron chi connectivity index (χ0n) is 12.2. The van der Waals surface area contributed by atoms with Gasteiger partial charge in [-0.25, -0.2) is 4.39 Å². The van der Waals surface area contributed by atoms with Crippen LogP contribution in [-0.2, 0) is 6.42 Å². The molecule has 0 aromatic heterocycles. The van der Waals surface area contributed by atoms with Crippen LogP contribution in [-0.4, -0.2) is 0 Å². The molecule has 0 heterocycles. The molecule has 2 rings (SSSR count). The fraction of sp³-hybridized carbons (Fsp3) is 0.333. The van der Waals surface area contributed by atoms with Crippen molar-refractivity contribution in [3.05, 3.63) is 59.4 Å². The first-order chi connectivity index (χ1) is 9.67. The third-order valence-corrected chi connectivity index (χ3v) is 3.26. The number of rotatable bonds is 6. The van der Waals surface area contributed by atoms with Crippen LogP contribution in [0, 0.1) is 12.7 Å². The second-order valence-corrected chi connectivity index (χ2v) is 5.17. The molecule has 0 aliphatic heterocycles. The SMILES string of the molecule is CCCCCc1cc(F)cc(Oc2ccc(C)cc2)c1. The predicted octanol–water partition coefficient (Wildman–Crippen LogP) is 5.66. The Morgan fingerprint density at radius 2 is 1.70 bits per heavy atom. The summed E-state index contributed by atoms with van der Waals surface area (Å²) < 4.78 is 19.3. The summed E-state index contributed by atoms with van der Waals surface area (Å²) in [4.78, 5) is 0. The largest absolute Gasteiger partial charge is 0.457 e. The van der Waals surface area contributed by atoms with Crippen molar-refractivity contribution in [1.82, 2.24) is 0 Å². The summed E-state index contributed by atoms with van der Waals surface area (Å²) in [5, 5.41) is 0. The van der Waals surface area contributed by atoms with Crippen LogP contribution < -0.4 is 4.74 Å². The van der Waals surface area contributed by atoms with E-state index in [0.29, 0.717) is 5.75 Å². The van der Waals surface area contributed by atoms with E-state index in [0.717, 1.165) is 24.2 Å². The Hall–Kier alpha value is -1.83. The van der Waals surface area contributed by atoms with Crippen molar-refractivity contribution in [3.8, 4) is 11.5 Å². The number of aryl methyl sites for hydroxylation is 2. The molecule has 2 aromatic carbocycles. The maximum absolute atomic E-state index is 13.6. The Morgan fingerprint density at radius 3 is 2.40 bits per heavy atom. The second kappa shape index (κ2) is 7.09. The van der Waals surface area contributed by atoms with Crippen LogP contribution in [0.25, 0.3) is 0 Å². The lowest BCUT2D eigenvalue weighted by Crippen LogP contribution is -1.91. The van der Waals surface area contributed by atoms with Crippen molar-refractivity contribution < 1.29 is 9.13 Å². The molecule has 106 valence electrons. The van der Waals surface area contributed by atoms with Gasteiger partial charge in [-0.15, -0.1) is 0 Å². The summed E-state index contributed by atoms with van der Waals surface area (Å²) in [6.45, 7) is 4.19. The lowest BCUT2D eigenvalue weighted by molar-refractivity contribution is 0.475. The molecule has 0 bridgehead atoms. The number of benzene rings is 2. The molecule has 0 amide bonds. The maximum Gasteiger partial charge on any atom is 0.130 e. The minimum absolute atomic E-state index is 0.235. The van der Waals surface area contributed by atoms with E-state index in [1.54, 1.807) is 6.07 Å². The van der Waals surface area contributed by atoms with Crippen molar-refractivity contribution in [2.45, 2.75) is 39.5 Å². The van der Waals surface area contributed by atoms with Gasteiger partial charge in [0.25, 0.3) is 0 Å². The first-order valence-electron chi connectivity index (χ1n) is 7.21. The van der Waals surface area contributed by atoms with E-state index in [9.17, 15) is 4.39 Å². The number of hydrogen-bond donors (Lipinski definition) is 0. The van der Waals surface area contributed by atoms with E-state index in [1.807, 2.05) is 37.3 Å². The highest BCUT2D eigenvalue weighted by atomic mass is 19.1. The predicted molar refractivity (Wildman–Crippen MR) is 80.9 cm³/mol. The standard InChI is InChI=1S/C18H21FO/c1-3-4-5-6-15-11-16(19)13-18(12-15)20-17-9-7-14(2)8-10-17/h7-13H,3-6H2,1-2H3. The van der Waals surface area contributed by atoms with E-state index in [4.69, 9.17) is 4.74 Å². The van der Waals surface area contributed by atoms with E-state index < -0.39 is 0 Å². The van der Waals surface area contributed by atoms with Gasteiger partial charge in [-0.1, -0.05) is 37.5 Å². The molecular formula is C18H21FO. The van der Waals surface area contributed by atoms with Crippen molar-refractivity contribution >= 4 is 0 Å². The van der Waals surface area contributed by atoms with E-state index >= 15 is 0 Å². The number of ether oxygens (including phenoxy) is 1. The van der Waals surface area contributed by atoms with Gasteiger partial charge in [0, 0.05) is 6.07 Å². The summed E-state index contributed by atoms with van der Waals surface area (Å²) in [5.41, 5.74) is 2.18. The average Bonchev–Trinajstić information content (AvgIpc) is 2.41. The topological polar surface area (TPSA) is 9.23 Å². The Labute approximate surface area is 120 Å². The quantitative estimate of drug-likeness (QED) is 0.616. The molecule has 0 fully saturated rings. The van der Waals surface area contributed by atoms with Crippen molar-refractivity contribution in [2.75, 3.05) is 0 Å². The lowest BCUT2D eigenvalue weighted by Gasteiger charge is -2.08. The summed E-state index contributed by atoms with van der Waals surface area (Å²) in [5.74, 6) is 1.07. The summed E-state index contributed by atoms with van der Waals surface area (Å²) in [7, 11) is 0. The molecule has 0 radical (unpaired) electrons. The highest BCUT2D eigenvalue weighted by molar-refractivity contribution is 5.35. The zero-order chi connectivity index (χ0) is 14.4. The van der Waals surface area contributed by atoms with E-state index in [-0.39, 0.29) is 5.82 Å². The highest BCUT2D eigenvalue weighted by Crippen LogP contribution is 2.24. The summed E-state index contributed by atoms with van der Waals surface area (Å²) >= 11 is 0. The van der Waals surface area contributed by atoms with Gasteiger partial charge in [0.05, 0.1) is 0 Å². The first kappa shape index (κ1) is 14.6. The van der Waals surface area contributed by atoms with Crippen LogP contribution in [0.1, 0.15) is 37.3 Å². The third kappa shape index (κ3) is 4.37. The Kier molecular flexibility index (Phi) is 5.16. The molecule has 0 saturated carbocycles. The van der Waals surface area contributed by atoms with Gasteiger partial charge in [0.1, 0.15) is 17.3 Å². The molecule has 0 saturated heterocycles. The minimum atomic E-state index is -0.235. The molecule has 0 aliphatic rings. The normalized spacial score (nSPS) is 10.6. The zero-order valence-corrected chi connectivity index (χ0v) is 12.2. The van der Waals surface area contributed by atoms with Crippen LogP contribution in [0.2, 0.25) is 0 Å². The summed E-state index contributed by atoms with van der Waals surface area (Å²) in [6.07, 6.45) is 4.33. The number of halogens is 1. The van der Waals surface area contributed by atoms with Gasteiger partial charge >= 0.3 is 0 Å². The van der Waals surface area contributed by atoms with Crippen molar-refractivity contribution in [2.24, 2.45) is 0 Å². The van der Waals surface area contributed by atoms with Gasteiger partial charge in [0.2, 0.25) is 0 Å². The summed E-state index contributed by atoms with van der Waals surface area (Å²) in [6, 6.07) is 12.7. The van der Waals surface area contributed by atoms with Crippen molar-refractivity contribution in [3.63, 3.8) is 0 Å². The molecule has 0 N–H and O–H groups in total. The molecule has 2 aromatic rings. The smallest absolute Gasteiger partial charge is 0.130 e. The van der Waals surface area contributed by atoms with Gasteiger partial charge in [-0.2, -0.15) is 0 Å². The second-order valence-electron chi connectivity index (χ2n) is 5.17. The van der Waals surface area contributed by atoms with Crippen LogP contribution >= 0.6 is 0 Å². The van der Waals surface area contributed by atoms with Crippen LogP contribution in [0.15, 0.2) is 42.5 Å². The maximum atomic E-state index is 13.6. The molecule has 0 atom stereocenters. The lowest BCUT2D eigenvalue weighted by atomic mass is 10.1. The van der Waals surface area contributed by atoms with Gasteiger partial charge in [-0.3, -0.25) is 0 Å². The molecular weight excluding hydrogens is 251 g/mol. The van der Waals surface area contributed by atoms with Crippen LogP contribution in [0.3, 0.4) is 0 Å². The number of hydrogen-bond acceptors (Lipinski definition) is 1. The molecule has 1 nitrogen and oxygen atoms in total. The third-order valence-electron chi connectivity index (χ3n) is 3.26. The monoisotopic (exact) mass is 272 g/mol. The number of unbranched alkanes of at least 4 members (excludes halogenated alkanes) is 2. The Morgan fingerprint density at radius 1 is 0.950 bits per heavy atom. The fourth-order valence-corrected chi connectivity index (χ4v) is 2.15. The molecule has 0 aliphatic carbocycles. The fourth-order valence-electron chi connectivity index (χ4n) is 2.15. The van der Waals surface area contributed by atoms with E-state index in [2.05, 4.69) is 6.92 Å². The molecule has 0 spiro atoms. The van der Waals surface area contributed by atoms with Gasteiger partial charge in [0.15, 0.2) is 0 Å². The Balaban J connectivity index is 2.09. The average molecular weight is 272 g/mol. The van der Waals surface area contributed by atoms with Crippen molar-refractivity contribution in [1.29, 1.82) is 0 Å². The van der Waals surface area contributed by atoms with Gasteiger partial charge in [-0.05, 0) is 49.6 Å².